The maximum absolute atomic E-state index is 13.6. The van der Waals surface area contributed by atoms with Crippen molar-refractivity contribution in [2.75, 3.05) is 5.32 Å². The van der Waals surface area contributed by atoms with Crippen molar-refractivity contribution in [1.29, 1.82) is 0 Å². The molecule has 2 N–H and O–H groups in total. The molecule has 0 radical (unpaired) electrons. The van der Waals surface area contributed by atoms with Crippen LogP contribution in [0, 0.1) is 5.92 Å². The summed E-state index contributed by atoms with van der Waals surface area (Å²) in [6.45, 7) is 0. The average Bonchev–Trinajstić information content (AvgIpc) is 3.37. The van der Waals surface area contributed by atoms with Gasteiger partial charge in [-0.3, -0.25) is 9.00 Å². The number of hydrogen-bond acceptors (Lipinski definition) is 6. The maximum Gasteiger partial charge on any atom is 0.416 e. The van der Waals surface area contributed by atoms with E-state index >= 15 is 0 Å². The normalized spacial score (nSPS) is 16.6. The minimum atomic E-state index is -4.79. The van der Waals surface area contributed by atoms with Gasteiger partial charge in [-0.25, -0.2) is 9.78 Å². The summed E-state index contributed by atoms with van der Waals surface area (Å²) in [5.41, 5.74) is -1.60. The number of anilines is 1. The zero-order valence-electron chi connectivity index (χ0n) is 16.7. The van der Waals surface area contributed by atoms with Gasteiger partial charge in [-0.15, -0.1) is 11.3 Å². The summed E-state index contributed by atoms with van der Waals surface area (Å²) in [6.07, 6.45) is -0.768. The van der Waals surface area contributed by atoms with Gasteiger partial charge in [0.15, 0.2) is 10.8 Å². The summed E-state index contributed by atoms with van der Waals surface area (Å²) >= 11 is -1.80. The Kier molecular flexibility index (Phi) is 7.67. The van der Waals surface area contributed by atoms with Crippen molar-refractivity contribution in [3.63, 3.8) is 0 Å². The molecule has 0 aliphatic heterocycles. The molecule has 3 rings (SSSR count). The van der Waals surface area contributed by atoms with E-state index in [-0.39, 0.29) is 27.9 Å². The average molecular weight is 490 g/mol. The summed E-state index contributed by atoms with van der Waals surface area (Å²) in [5, 5.41) is 12.8. The first-order valence-electron chi connectivity index (χ1n) is 9.80. The number of amides is 1. The molecule has 1 aliphatic rings. The molecule has 1 saturated carbocycles. The molecule has 7 nitrogen and oxygen atoms in total. The maximum atomic E-state index is 13.6. The van der Waals surface area contributed by atoms with E-state index in [0.29, 0.717) is 6.42 Å². The van der Waals surface area contributed by atoms with E-state index in [4.69, 9.17) is 5.11 Å². The minimum Gasteiger partial charge on any atom is -0.772 e. The van der Waals surface area contributed by atoms with Crippen LogP contribution in [0.4, 0.5) is 18.3 Å². The Morgan fingerprint density at radius 2 is 2.00 bits per heavy atom. The van der Waals surface area contributed by atoms with Crippen molar-refractivity contribution in [3.8, 4) is 0 Å². The van der Waals surface area contributed by atoms with Gasteiger partial charge < -0.3 is 15.0 Å². The Morgan fingerprint density at radius 1 is 1.31 bits per heavy atom. The zero-order chi connectivity index (χ0) is 23.5. The fourth-order valence-corrected chi connectivity index (χ4v) is 5.12. The molecule has 0 bridgehead atoms. The molecule has 1 aromatic carbocycles. The Bertz CT molecular complexity index is 1020. The van der Waals surface area contributed by atoms with Gasteiger partial charge in [0.25, 0.3) is 0 Å². The van der Waals surface area contributed by atoms with Crippen molar-refractivity contribution >= 4 is 39.4 Å². The Morgan fingerprint density at radius 3 is 2.56 bits per heavy atom. The smallest absolute Gasteiger partial charge is 0.416 e. The van der Waals surface area contributed by atoms with Crippen molar-refractivity contribution in [2.45, 2.75) is 50.0 Å². The lowest BCUT2D eigenvalue weighted by Gasteiger charge is -2.22. The number of nitrogens with one attached hydrogen (secondary N) is 1. The van der Waals surface area contributed by atoms with Crippen LogP contribution in [0.1, 0.15) is 65.2 Å². The molecule has 2 atom stereocenters. The number of carboxylic acids is 1. The number of aromatic nitrogens is 1. The van der Waals surface area contributed by atoms with Gasteiger partial charge in [0.2, 0.25) is 5.91 Å². The number of thiazole rings is 1. The predicted octanol–water partition coefficient (Wildman–Crippen LogP) is 4.54. The SMILES string of the molecule is O=C(O)c1csc(NC(=O)C(CC2CCCC2)c2ccc(CS(=O)[O-])c(C(F)(F)F)c2)n1. The number of carboxylic acid groups (broad SMARTS) is 1. The van der Waals surface area contributed by atoms with E-state index in [1.54, 1.807) is 0 Å². The van der Waals surface area contributed by atoms with Gasteiger partial charge in [-0.1, -0.05) is 48.9 Å². The topological polar surface area (TPSA) is 119 Å². The number of hydrogen-bond donors (Lipinski definition) is 2. The number of alkyl halides is 3. The van der Waals surface area contributed by atoms with E-state index in [0.717, 1.165) is 49.2 Å². The fourth-order valence-electron chi connectivity index (χ4n) is 3.92. The first-order valence-corrected chi connectivity index (χ1v) is 11.9. The highest BCUT2D eigenvalue weighted by Gasteiger charge is 2.35. The van der Waals surface area contributed by atoms with E-state index in [1.807, 2.05) is 0 Å². The van der Waals surface area contributed by atoms with Crippen molar-refractivity contribution < 1.29 is 36.6 Å². The van der Waals surface area contributed by atoms with E-state index in [9.17, 15) is 31.5 Å². The van der Waals surface area contributed by atoms with Gasteiger partial charge >= 0.3 is 12.1 Å². The molecule has 1 aliphatic carbocycles. The molecular weight excluding hydrogens is 469 g/mol. The number of aromatic carboxylic acids is 1. The van der Waals surface area contributed by atoms with Crippen LogP contribution >= 0.6 is 11.3 Å². The number of rotatable bonds is 8. The molecule has 1 amide bonds. The van der Waals surface area contributed by atoms with E-state index < -0.39 is 46.4 Å². The highest BCUT2D eigenvalue weighted by molar-refractivity contribution is 7.78. The second-order valence-corrected chi connectivity index (χ2v) is 9.39. The standard InChI is InChI=1S/C20H21F3N2O5S2/c21-20(22,23)15-8-12(5-6-13(15)10-32(29)30)14(7-11-3-1-2-4-11)17(26)25-19-24-16(9-31-19)18(27)28/h5-6,8-9,11,14H,1-4,7,10H2,(H,27,28)(H,29,30)(H,24,25,26)/p-1. The van der Waals surface area contributed by atoms with Crippen LogP contribution in [0.2, 0.25) is 0 Å². The summed E-state index contributed by atoms with van der Waals surface area (Å²) in [6, 6.07) is 3.28. The largest absolute Gasteiger partial charge is 0.772 e. The molecule has 1 aromatic heterocycles. The lowest BCUT2D eigenvalue weighted by molar-refractivity contribution is -0.138. The highest BCUT2D eigenvalue weighted by Crippen LogP contribution is 2.39. The molecular formula is C20H20F3N2O5S2-. The van der Waals surface area contributed by atoms with Crippen molar-refractivity contribution in [3.05, 3.63) is 46.0 Å². The van der Waals surface area contributed by atoms with Crippen LogP contribution in [-0.4, -0.2) is 30.7 Å². The Balaban J connectivity index is 1.94. The van der Waals surface area contributed by atoms with Gasteiger partial charge in [-0.05, 0) is 29.5 Å². The Hall–Kier alpha value is -2.31. The number of carbonyl (C=O) groups is 2. The molecule has 32 heavy (non-hydrogen) atoms. The van der Waals surface area contributed by atoms with Gasteiger partial charge in [0, 0.05) is 11.1 Å². The van der Waals surface area contributed by atoms with Gasteiger partial charge in [0.1, 0.15) is 0 Å². The molecule has 1 heterocycles. The third kappa shape index (κ3) is 6.14. The monoisotopic (exact) mass is 489 g/mol. The molecule has 2 aromatic rings. The lowest BCUT2D eigenvalue weighted by Crippen LogP contribution is -2.24. The van der Waals surface area contributed by atoms with Gasteiger partial charge in [-0.2, -0.15) is 13.2 Å². The molecule has 2 unspecified atom stereocenters. The van der Waals surface area contributed by atoms with Crippen LogP contribution in [0.5, 0.6) is 0 Å². The second-order valence-electron chi connectivity index (χ2n) is 7.63. The summed E-state index contributed by atoms with van der Waals surface area (Å²) in [7, 11) is 0. The summed E-state index contributed by atoms with van der Waals surface area (Å²) < 4.78 is 62.8. The lowest BCUT2D eigenvalue weighted by atomic mass is 9.86. The van der Waals surface area contributed by atoms with Gasteiger partial charge in [0.05, 0.1) is 11.5 Å². The minimum absolute atomic E-state index is 0.0400. The third-order valence-corrected chi connectivity index (χ3v) is 6.73. The van der Waals surface area contributed by atoms with E-state index in [1.165, 1.54) is 11.4 Å². The Labute approximate surface area is 188 Å². The molecule has 174 valence electrons. The van der Waals surface area contributed by atoms with Crippen LogP contribution in [0.25, 0.3) is 0 Å². The van der Waals surface area contributed by atoms with Crippen molar-refractivity contribution in [2.24, 2.45) is 5.92 Å². The predicted molar refractivity (Wildman–Crippen MR) is 111 cm³/mol. The van der Waals surface area contributed by atoms with E-state index in [2.05, 4.69) is 10.3 Å². The molecule has 1 fully saturated rings. The van der Waals surface area contributed by atoms with Crippen LogP contribution in [0.3, 0.4) is 0 Å². The number of benzene rings is 1. The summed E-state index contributed by atoms with van der Waals surface area (Å²) in [5.74, 6) is -3.39. The fraction of sp³-hybridized carbons (Fsp3) is 0.450. The van der Waals surface area contributed by atoms with Crippen molar-refractivity contribution in [1.82, 2.24) is 4.98 Å². The summed E-state index contributed by atoms with van der Waals surface area (Å²) in [4.78, 5) is 27.8. The first-order chi connectivity index (χ1) is 15.0. The molecule has 0 spiro atoms. The highest BCUT2D eigenvalue weighted by atomic mass is 32.2. The second kappa shape index (κ2) is 10.1. The number of halogens is 3. The molecule has 12 heteroatoms. The van der Waals surface area contributed by atoms with Crippen LogP contribution < -0.4 is 5.32 Å². The van der Waals surface area contributed by atoms with Crippen LogP contribution in [0.15, 0.2) is 23.6 Å². The number of nitrogens with zero attached hydrogens (tertiary/aromatic N) is 1. The molecule has 0 saturated heterocycles. The quantitative estimate of drug-likeness (QED) is 0.526. The first kappa shape index (κ1) is 24.3. The third-order valence-electron chi connectivity index (χ3n) is 5.43. The van der Waals surface area contributed by atoms with Crippen LogP contribution in [-0.2, 0) is 27.8 Å². The number of carbonyl (C=O) groups excluding carboxylic acids is 1. The zero-order valence-corrected chi connectivity index (χ0v) is 18.3.